The first-order valence-electron chi connectivity index (χ1n) is 10.2. The minimum Gasteiger partial charge on any atom is -0.350 e. The third-order valence-electron chi connectivity index (χ3n) is 6.91. The highest BCUT2D eigenvalue weighted by Gasteiger charge is 2.41. The van der Waals surface area contributed by atoms with Crippen LogP contribution in [0.15, 0.2) is 51.8 Å². The van der Waals surface area contributed by atoms with Crippen molar-refractivity contribution in [2.24, 2.45) is 17.6 Å². The number of carbonyl (C=O) groups is 1. The molecule has 3 heteroatoms. The summed E-state index contributed by atoms with van der Waals surface area (Å²) in [5.74, 6) is 1.27. The minimum atomic E-state index is -0.220. The normalized spacial score (nSPS) is 29.0. The molecule has 0 aliphatic heterocycles. The van der Waals surface area contributed by atoms with Gasteiger partial charge in [0.15, 0.2) is 0 Å². The number of allylic oxidation sites excluding steroid dienone is 5. The number of fused-ring (bicyclic) bond motifs is 3. The van der Waals surface area contributed by atoms with Gasteiger partial charge in [0.1, 0.15) is 0 Å². The van der Waals surface area contributed by atoms with Crippen molar-refractivity contribution in [1.82, 2.24) is 5.32 Å². The van der Waals surface area contributed by atoms with E-state index in [4.69, 9.17) is 5.73 Å². The van der Waals surface area contributed by atoms with E-state index in [-0.39, 0.29) is 11.4 Å². The Bertz CT molecular complexity index is 783. The smallest absolute Gasteiger partial charge is 0.251 e. The van der Waals surface area contributed by atoms with Crippen molar-refractivity contribution in [2.75, 3.05) is 6.54 Å². The fourth-order valence-electron chi connectivity index (χ4n) is 5.19. The zero-order valence-electron chi connectivity index (χ0n) is 16.0. The quantitative estimate of drug-likeness (QED) is 0.750. The summed E-state index contributed by atoms with van der Waals surface area (Å²) in [6, 6.07) is 0. The summed E-state index contributed by atoms with van der Waals surface area (Å²) < 4.78 is 0. The predicted molar refractivity (Wildman–Crippen MR) is 105 cm³/mol. The molecule has 4 rings (SSSR count). The highest BCUT2D eigenvalue weighted by atomic mass is 16.1. The second kappa shape index (κ2) is 6.72. The van der Waals surface area contributed by atoms with E-state index in [0.29, 0.717) is 18.4 Å². The Morgan fingerprint density at radius 1 is 1.31 bits per heavy atom. The lowest BCUT2D eigenvalue weighted by Crippen LogP contribution is -2.48. The molecule has 2 saturated carbocycles. The molecule has 3 nitrogen and oxygen atoms in total. The Hall–Kier alpha value is -1.83. The number of carbonyl (C=O) groups excluding carboxylic acids is 1. The van der Waals surface area contributed by atoms with Crippen molar-refractivity contribution in [3.05, 3.63) is 51.8 Å². The van der Waals surface area contributed by atoms with E-state index in [1.807, 2.05) is 12.2 Å². The number of nitrogens with one attached hydrogen (secondary N) is 1. The van der Waals surface area contributed by atoms with E-state index in [2.05, 4.69) is 31.0 Å². The van der Waals surface area contributed by atoms with Crippen molar-refractivity contribution >= 4 is 5.91 Å². The van der Waals surface area contributed by atoms with E-state index in [0.717, 1.165) is 24.8 Å². The lowest BCUT2D eigenvalue weighted by atomic mass is 9.59. The van der Waals surface area contributed by atoms with Gasteiger partial charge >= 0.3 is 0 Å². The van der Waals surface area contributed by atoms with E-state index < -0.39 is 0 Å². The first-order valence-corrected chi connectivity index (χ1v) is 10.2. The Labute approximate surface area is 156 Å². The largest absolute Gasteiger partial charge is 0.350 e. The van der Waals surface area contributed by atoms with E-state index in [1.165, 1.54) is 42.4 Å². The van der Waals surface area contributed by atoms with Crippen LogP contribution < -0.4 is 11.1 Å². The van der Waals surface area contributed by atoms with Crippen LogP contribution in [0.5, 0.6) is 0 Å². The molecule has 0 aromatic heterocycles. The molecule has 0 aromatic carbocycles. The highest BCUT2D eigenvalue weighted by Crippen LogP contribution is 2.53. The number of hydrogen-bond donors (Lipinski definition) is 2. The summed E-state index contributed by atoms with van der Waals surface area (Å²) in [7, 11) is 0. The van der Waals surface area contributed by atoms with Crippen LogP contribution in [-0.4, -0.2) is 18.0 Å². The minimum absolute atomic E-state index is 0.0184. The molecule has 0 spiro atoms. The highest BCUT2D eigenvalue weighted by molar-refractivity contribution is 5.97. The second-order valence-electron chi connectivity index (χ2n) is 8.45. The van der Waals surface area contributed by atoms with Crippen molar-refractivity contribution < 1.29 is 4.79 Å². The Balaban J connectivity index is 1.57. The molecule has 26 heavy (non-hydrogen) atoms. The first kappa shape index (κ1) is 17.6. The summed E-state index contributed by atoms with van der Waals surface area (Å²) in [4.78, 5) is 12.8. The van der Waals surface area contributed by atoms with Gasteiger partial charge in [-0.25, -0.2) is 0 Å². The number of rotatable bonds is 4. The van der Waals surface area contributed by atoms with Gasteiger partial charge in [-0.3, -0.25) is 4.79 Å². The van der Waals surface area contributed by atoms with Crippen LogP contribution >= 0.6 is 0 Å². The molecule has 2 fully saturated rings. The second-order valence-corrected chi connectivity index (χ2v) is 8.45. The molecule has 1 amide bonds. The predicted octanol–water partition coefficient (Wildman–Crippen LogP) is 4.09. The molecule has 4 aliphatic rings. The average molecular weight is 351 g/mol. The molecule has 4 aliphatic carbocycles. The van der Waals surface area contributed by atoms with Gasteiger partial charge in [-0.2, -0.15) is 0 Å². The summed E-state index contributed by atoms with van der Waals surface area (Å²) in [6.07, 6.45) is 13.9. The molecular weight excluding hydrogens is 320 g/mol. The number of amides is 1. The Kier molecular flexibility index (Phi) is 4.54. The van der Waals surface area contributed by atoms with Crippen molar-refractivity contribution in [2.45, 2.75) is 64.3 Å². The molecule has 0 bridgehead atoms. The van der Waals surface area contributed by atoms with Gasteiger partial charge in [0.05, 0.1) is 0 Å². The number of hydrogen-bond acceptors (Lipinski definition) is 2. The molecule has 0 radical (unpaired) electrons. The van der Waals surface area contributed by atoms with Crippen molar-refractivity contribution in [1.29, 1.82) is 0 Å². The van der Waals surface area contributed by atoms with Gasteiger partial charge < -0.3 is 11.1 Å². The lowest BCUT2D eigenvalue weighted by Gasteiger charge is -2.45. The molecule has 2 unspecified atom stereocenters. The third-order valence-corrected chi connectivity index (χ3v) is 6.91. The van der Waals surface area contributed by atoms with Crippen LogP contribution in [0, 0.1) is 11.8 Å². The van der Waals surface area contributed by atoms with Gasteiger partial charge in [0.2, 0.25) is 0 Å². The molecule has 138 valence electrons. The zero-order valence-corrected chi connectivity index (χ0v) is 16.0. The molecule has 0 aromatic rings. The fourth-order valence-corrected chi connectivity index (χ4v) is 5.19. The maximum absolute atomic E-state index is 12.8. The molecular formula is C23H30N2O. The summed E-state index contributed by atoms with van der Waals surface area (Å²) in [6.45, 7) is 5.03. The van der Waals surface area contributed by atoms with E-state index in [1.54, 1.807) is 5.57 Å². The van der Waals surface area contributed by atoms with Crippen LogP contribution in [0.25, 0.3) is 0 Å². The van der Waals surface area contributed by atoms with Crippen LogP contribution in [0.3, 0.4) is 0 Å². The van der Waals surface area contributed by atoms with Crippen molar-refractivity contribution in [3.8, 4) is 0 Å². The van der Waals surface area contributed by atoms with E-state index in [9.17, 15) is 4.79 Å². The van der Waals surface area contributed by atoms with E-state index >= 15 is 0 Å². The van der Waals surface area contributed by atoms with Gasteiger partial charge in [0, 0.05) is 23.2 Å². The molecule has 2 atom stereocenters. The average Bonchev–Trinajstić information content (AvgIpc) is 2.92. The monoisotopic (exact) mass is 350 g/mol. The first-order chi connectivity index (χ1) is 12.5. The molecule has 3 N–H and O–H groups in total. The van der Waals surface area contributed by atoms with Gasteiger partial charge in [-0.1, -0.05) is 25.3 Å². The standard InChI is InChI=1S/C23H30N2O/c1-3-17-15(2)21-13-16(7-6-8-18(21)20-10-9-19(17)20)22(26)25-14-23(24)11-4-5-12-23/h6-7,13,19-20H,3-5,9-12,14,24H2,1-2H3,(H,25,26). The van der Waals surface area contributed by atoms with Gasteiger partial charge in [0.25, 0.3) is 5.91 Å². The summed E-state index contributed by atoms with van der Waals surface area (Å²) in [5, 5.41) is 3.08. The maximum atomic E-state index is 12.8. The molecule has 0 heterocycles. The summed E-state index contributed by atoms with van der Waals surface area (Å²) >= 11 is 0. The van der Waals surface area contributed by atoms with Crippen molar-refractivity contribution in [3.63, 3.8) is 0 Å². The van der Waals surface area contributed by atoms with Crippen LogP contribution in [-0.2, 0) is 4.79 Å². The van der Waals surface area contributed by atoms with Crippen LogP contribution in [0.1, 0.15) is 58.8 Å². The van der Waals surface area contributed by atoms with Crippen LogP contribution in [0.4, 0.5) is 0 Å². The zero-order chi connectivity index (χ0) is 18.3. The van der Waals surface area contributed by atoms with Crippen LogP contribution in [0.2, 0.25) is 0 Å². The Morgan fingerprint density at radius 3 is 2.69 bits per heavy atom. The summed E-state index contributed by atoms with van der Waals surface area (Å²) in [5.41, 5.74) is 15.8. The third kappa shape index (κ3) is 2.94. The van der Waals surface area contributed by atoms with Gasteiger partial charge in [-0.15, -0.1) is 5.73 Å². The molecule has 0 saturated heterocycles. The topological polar surface area (TPSA) is 55.1 Å². The maximum Gasteiger partial charge on any atom is 0.251 e. The van der Waals surface area contributed by atoms with Gasteiger partial charge in [-0.05, 0) is 80.2 Å². The lowest BCUT2D eigenvalue weighted by molar-refractivity contribution is -0.117. The SMILES string of the molecule is CCC1=C(C)C2=CC(C(=O)NCC3(N)CCCC3)=CC=C=C2C2CCC12. The fraction of sp³-hybridized carbons (Fsp3) is 0.565. The number of nitrogens with two attached hydrogens (primary N) is 1. The Morgan fingerprint density at radius 2 is 2.04 bits per heavy atom.